The molecule has 0 saturated carbocycles. The second-order valence-corrected chi connectivity index (χ2v) is 8.34. The molecule has 2 amide bonds. The minimum Gasteiger partial charge on any atom is -0.347 e. The quantitative estimate of drug-likeness (QED) is 0.580. The molecule has 2 N–H and O–H groups in total. The van der Waals surface area contributed by atoms with Gasteiger partial charge in [0, 0.05) is 34.1 Å². The Hall–Kier alpha value is -2.70. The van der Waals surface area contributed by atoms with E-state index in [4.69, 9.17) is 11.6 Å². The van der Waals surface area contributed by atoms with Crippen LogP contribution in [0.15, 0.2) is 42.5 Å². The third-order valence-corrected chi connectivity index (χ3v) is 5.95. The maximum Gasteiger partial charge on any atom is 0.313 e. The molecule has 5 nitrogen and oxygen atoms in total. The van der Waals surface area contributed by atoms with Gasteiger partial charge in [0.1, 0.15) is 5.01 Å². The van der Waals surface area contributed by atoms with Crippen LogP contribution in [0.2, 0.25) is 5.02 Å². The Kier molecular flexibility index (Phi) is 6.67. The number of aryl methyl sites for hydroxylation is 3. The van der Waals surface area contributed by atoms with E-state index in [9.17, 15) is 9.59 Å². The van der Waals surface area contributed by atoms with Gasteiger partial charge >= 0.3 is 11.8 Å². The van der Waals surface area contributed by atoms with Crippen molar-refractivity contribution in [1.82, 2.24) is 10.3 Å². The van der Waals surface area contributed by atoms with E-state index in [1.165, 1.54) is 5.56 Å². The SMILES string of the molecule is Cc1cccc(-c2nc(C)c(CCNC(=O)C(=O)Nc3cc(Cl)ccc3C)s2)c1. The van der Waals surface area contributed by atoms with Crippen molar-refractivity contribution < 1.29 is 9.59 Å². The molecular weight excluding hydrogens is 406 g/mol. The number of halogens is 1. The number of nitrogens with one attached hydrogen (secondary N) is 2. The second kappa shape index (κ2) is 9.20. The van der Waals surface area contributed by atoms with Crippen LogP contribution in [0.4, 0.5) is 5.69 Å². The maximum atomic E-state index is 12.1. The summed E-state index contributed by atoms with van der Waals surface area (Å²) < 4.78 is 0. The van der Waals surface area contributed by atoms with E-state index >= 15 is 0 Å². The Morgan fingerprint density at radius 1 is 1.07 bits per heavy atom. The maximum absolute atomic E-state index is 12.1. The number of thiazole rings is 1. The molecule has 150 valence electrons. The number of carbonyl (C=O) groups is 2. The molecule has 3 rings (SSSR count). The van der Waals surface area contributed by atoms with E-state index in [2.05, 4.69) is 34.7 Å². The lowest BCUT2D eigenvalue weighted by atomic mass is 10.1. The number of amides is 2. The van der Waals surface area contributed by atoms with Gasteiger partial charge in [-0.05, 0) is 44.5 Å². The van der Waals surface area contributed by atoms with Gasteiger partial charge in [-0.25, -0.2) is 4.98 Å². The van der Waals surface area contributed by atoms with Crippen LogP contribution in [0.5, 0.6) is 0 Å². The lowest BCUT2D eigenvalue weighted by Crippen LogP contribution is -2.36. The van der Waals surface area contributed by atoms with Gasteiger partial charge < -0.3 is 10.6 Å². The Labute approximate surface area is 179 Å². The summed E-state index contributed by atoms with van der Waals surface area (Å²) in [5, 5.41) is 6.72. The molecule has 7 heteroatoms. The van der Waals surface area contributed by atoms with Crippen LogP contribution in [0.25, 0.3) is 10.6 Å². The van der Waals surface area contributed by atoms with Crippen LogP contribution in [0.3, 0.4) is 0 Å². The third-order valence-electron chi connectivity index (χ3n) is 4.45. The van der Waals surface area contributed by atoms with E-state index in [-0.39, 0.29) is 0 Å². The van der Waals surface area contributed by atoms with E-state index in [1.807, 2.05) is 26.0 Å². The van der Waals surface area contributed by atoms with E-state index in [0.29, 0.717) is 23.7 Å². The van der Waals surface area contributed by atoms with E-state index in [1.54, 1.807) is 29.5 Å². The smallest absolute Gasteiger partial charge is 0.313 e. The van der Waals surface area contributed by atoms with Crippen molar-refractivity contribution in [1.29, 1.82) is 0 Å². The van der Waals surface area contributed by atoms with Gasteiger partial charge in [0.2, 0.25) is 0 Å². The van der Waals surface area contributed by atoms with Crippen LogP contribution in [-0.4, -0.2) is 23.3 Å². The molecule has 2 aromatic carbocycles. The number of benzene rings is 2. The molecule has 1 aromatic heterocycles. The first-order chi connectivity index (χ1) is 13.8. The second-order valence-electron chi connectivity index (χ2n) is 6.82. The van der Waals surface area contributed by atoms with Crippen molar-refractivity contribution in [3.05, 3.63) is 69.2 Å². The standard InChI is InChI=1S/C22H22ClN3O2S/c1-13-5-4-6-16(11-13)22-25-15(3)19(29-22)9-10-24-20(27)21(28)26-18-12-17(23)8-7-14(18)2/h4-8,11-12H,9-10H2,1-3H3,(H,24,27)(H,26,28). The normalized spacial score (nSPS) is 10.6. The monoisotopic (exact) mass is 427 g/mol. The zero-order valence-corrected chi connectivity index (χ0v) is 18.1. The largest absolute Gasteiger partial charge is 0.347 e. The summed E-state index contributed by atoms with van der Waals surface area (Å²) in [4.78, 5) is 30.0. The van der Waals surface area contributed by atoms with Gasteiger partial charge in [-0.1, -0.05) is 41.4 Å². The highest BCUT2D eigenvalue weighted by molar-refractivity contribution is 7.15. The molecule has 1 heterocycles. The summed E-state index contributed by atoms with van der Waals surface area (Å²) in [7, 11) is 0. The highest BCUT2D eigenvalue weighted by Gasteiger charge is 2.15. The minimum atomic E-state index is -0.711. The molecule has 0 bridgehead atoms. The number of anilines is 1. The molecule has 29 heavy (non-hydrogen) atoms. The zero-order valence-electron chi connectivity index (χ0n) is 16.5. The first-order valence-electron chi connectivity index (χ1n) is 9.22. The first-order valence-corrected chi connectivity index (χ1v) is 10.4. The van der Waals surface area contributed by atoms with Crippen LogP contribution in [-0.2, 0) is 16.0 Å². The van der Waals surface area contributed by atoms with Crippen molar-refractivity contribution in [3.63, 3.8) is 0 Å². The minimum absolute atomic E-state index is 0.358. The molecular formula is C22H22ClN3O2S. The van der Waals surface area contributed by atoms with Crippen LogP contribution in [0, 0.1) is 20.8 Å². The van der Waals surface area contributed by atoms with E-state index in [0.717, 1.165) is 26.7 Å². The Morgan fingerprint density at radius 3 is 2.62 bits per heavy atom. The number of aromatic nitrogens is 1. The molecule has 0 unspecified atom stereocenters. The molecule has 0 aliphatic rings. The number of carbonyl (C=O) groups excluding carboxylic acids is 2. The Morgan fingerprint density at radius 2 is 1.86 bits per heavy atom. The van der Waals surface area contributed by atoms with Crippen molar-refractivity contribution in [2.75, 3.05) is 11.9 Å². The summed E-state index contributed by atoms with van der Waals surface area (Å²) in [6, 6.07) is 13.3. The lowest BCUT2D eigenvalue weighted by molar-refractivity contribution is -0.136. The van der Waals surface area contributed by atoms with Crippen molar-refractivity contribution in [3.8, 4) is 10.6 Å². The Bertz CT molecular complexity index is 1060. The molecule has 0 aliphatic heterocycles. The fraction of sp³-hybridized carbons (Fsp3) is 0.227. The van der Waals surface area contributed by atoms with Gasteiger partial charge in [-0.3, -0.25) is 9.59 Å². The van der Waals surface area contributed by atoms with Crippen molar-refractivity contribution in [2.24, 2.45) is 0 Å². The van der Waals surface area contributed by atoms with Gasteiger partial charge in [-0.15, -0.1) is 11.3 Å². The van der Waals surface area contributed by atoms with E-state index < -0.39 is 11.8 Å². The van der Waals surface area contributed by atoms with Gasteiger partial charge in [-0.2, -0.15) is 0 Å². The molecule has 0 saturated heterocycles. The summed E-state index contributed by atoms with van der Waals surface area (Å²) in [6.07, 6.45) is 0.616. The van der Waals surface area contributed by atoms with Crippen LogP contribution >= 0.6 is 22.9 Å². The highest BCUT2D eigenvalue weighted by atomic mass is 35.5. The predicted molar refractivity (Wildman–Crippen MR) is 119 cm³/mol. The number of nitrogens with zero attached hydrogens (tertiary/aromatic N) is 1. The summed E-state index contributed by atoms with van der Waals surface area (Å²) >= 11 is 7.55. The summed E-state index contributed by atoms with van der Waals surface area (Å²) in [5.74, 6) is -1.39. The molecule has 3 aromatic rings. The van der Waals surface area contributed by atoms with Gasteiger partial charge in [0.05, 0.1) is 5.69 Å². The average molecular weight is 428 g/mol. The average Bonchev–Trinajstić information content (AvgIpc) is 3.05. The van der Waals surface area contributed by atoms with Crippen molar-refractivity contribution >= 4 is 40.4 Å². The fourth-order valence-electron chi connectivity index (χ4n) is 2.84. The van der Waals surface area contributed by atoms with Crippen molar-refractivity contribution in [2.45, 2.75) is 27.2 Å². The molecule has 0 fully saturated rings. The number of hydrogen-bond donors (Lipinski definition) is 2. The number of hydrogen-bond acceptors (Lipinski definition) is 4. The third kappa shape index (κ3) is 5.43. The molecule has 0 aliphatic carbocycles. The fourth-order valence-corrected chi connectivity index (χ4v) is 4.07. The summed E-state index contributed by atoms with van der Waals surface area (Å²) in [5.41, 5.74) is 4.58. The Balaban J connectivity index is 1.56. The topological polar surface area (TPSA) is 71.1 Å². The van der Waals surface area contributed by atoms with Gasteiger partial charge in [0.15, 0.2) is 0 Å². The lowest BCUT2D eigenvalue weighted by Gasteiger charge is -2.09. The summed E-state index contributed by atoms with van der Waals surface area (Å²) in [6.45, 7) is 6.21. The first kappa shape index (κ1) is 21.0. The number of rotatable bonds is 5. The molecule has 0 radical (unpaired) electrons. The highest BCUT2D eigenvalue weighted by Crippen LogP contribution is 2.28. The van der Waals surface area contributed by atoms with Gasteiger partial charge in [0.25, 0.3) is 0 Å². The molecule has 0 atom stereocenters. The predicted octanol–water partition coefficient (Wildman–Crippen LogP) is 4.69. The van der Waals surface area contributed by atoms with Crippen LogP contribution < -0.4 is 10.6 Å². The van der Waals surface area contributed by atoms with Crippen LogP contribution in [0.1, 0.15) is 21.7 Å². The molecule has 0 spiro atoms. The zero-order chi connectivity index (χ0) is 21.0.